The van der Waals surface area contributed by atoms with Gasteiger partial charge in [-0.3, -0.25) is 0 Å². The summed E-state index contributed by atoms with van der Waals surface area (Å²) in [5.41, 5.74) is 1.44. The van der Waals surface area contributed by atoms with E-state index in [2.05, 4.69) is 5.32 Å². The molecule has 0 unspecified atom stereocenters. The molecule has 0 radical (unpaired) electrons. The molecular formula is C20H19F3N2O2. The number of fused-ring (bicyclic) bond motifs is 1. The molecule has 1 N–H and O–H groups in total. The number of hydrogen-bond donors (Lipinski definition) is 1. The molecule has 2 aromatic carbocycles. The molecule has 1 heterocycles. The Morgan fingerprint density at radius 2 is 1.74 bits per heavy atom. The fourth-order valence-corrected chi connectivity index (χ4v) is 3.11. The van der Waals surface area contributed by atoms with Gasteiger partial charge < -0.3 is 15.0 Å². The molecule has 0 aromatic heterocycles. The van der Waals surface area contributed by atoms with E-state index >= 15 is 0 Å². The number of ether oxygens (including phenoxy) is 1. The topological polar surface area (TPSA) is 41.6 Å². The standard InChI is InChI=1S/C20H19F3N2O2/c21-20(22,23)15-2-7-17(8-3-15)27-18-6-1-13-9-10-25(12-14(13)11-18)19(26)24-16-4-5-16/h1-3,6-8,11,16H,4-5,9-10,12H2,(H,24,26). The van der Waals surface area contributed by atoms with Gasteiger partial charge in [0.1, 0.15) is 11.5 Å². The molecular weight excluding hydrogens is 357 g/mol. The number of carbonyl (C=O) groups is 1. The molecule has 1 saturated carbocycles. The Hall–Kier alpha value is -2.70. The van der Waals surface area contributed by atoms with E-state index in [4.69, 9.17) is 4.74 Å². The summed E-state index contributed by atoms with van der Waals surface area (Å²) in [6, 6.07) is 10.5. The molecule has 1 aliphatic heterocycles. The van der Waals surface area contributed by atoms with Crippen LogP contribution in [0.4, 0.5) is 18.0 Å². The third kappa shape index (κ3) is 4.18. The highest BCUT2D eigenvalue weighted by atomic mass is 19.4. The summed E-state index contributed by atoms with van der Waals surface area (Å²) in [7, 11) is 0. The van der Waals surface area contributed by atoms with Gasteiger partial charge in [0.2, 0.25) is 0 Å². The maximum Gasteiger partial charge on any atom is 0.416 e. The van der Waals surface area contributed by atoms with E-state index < -0.39 is 11.7 Å². The average Bonchev–Trinajstić information content (AvgIpc) is 3.45. The van der Waals surface area contributed by atoms with Crippen LogP contribution in [-0.4, -0.2) is 23.5 Å². The van der Waals surface area contributed by atoms with Crippen molar-refractivity contribution in [3.63, 3.8) is 0 Å². The van der Waals surface area contributed by atoms with Crippen molar-refractivity contribution < 1.29 is 22.7 Å². The van der Waals surface area contributed by atoms with Crippen LogP contribution in [0.3, 0.4) is 0 Å². The summed E-state index contributed by atoms with van der Waals surface area (Å²) in [6.07, 6.45) is -1.51. The molecule has 2 amide bonds. The largest absolute Gasteiger partial charge is 0.457 e. The van der Waals surface area contributed by atoms with Crippen LogP contribution in [0.25, 0.3) is 0 Å². The molecule has 2 aromatic rings. The first-order valence-electron chi connectivity index (χ1n) is 8.91. The number of hydrogen-bond acceptors (Lipinski definition) is 2. The molecule has 4 rings (SSSR count). The zero-order chi connectivity index (χ0) is 19.0. The second-order valence-electron chi connectivity index (χ2n) is 6.95. The van der Waals surface area contributed by atoms with Crippen molar-refractivity contribution in [2.75, 3.05) is 6.54 Å². The molecule has 27 heavy (non-hydrogen) atoms. The van der Waals surface area contributed by atoms with Gasteiger partial charge in [0.05, 0.1) is 5.56 Å². The number of carbonyl (C=O) groups excluding carboxylic acids is 1. The molecule has 142 valence electrons. The second kappa shape index (κ2) is 6.79. The van der Waals surface area contributed by atoms with Crippen molar-refractivity contribution in [3.8, 4) is 11.5 Å². The van der Waals surface area contributed by atoms with Crippen LogP contribution in [-0.2, 0) is 19.1 Å². The number of nitrogens with zero attached hydrogens (tertiary/aromatic N) is 1. The summed E-state index contributed by atoms with van der Waals surface area (Å²) in [5.74, 6) is 0.875. The van der Waals surface area contributed by atoms with E-state index in [-0.39, 0.29) is 6.03 Å². The minimum atomic E-state index is -4.37. The molecule has 4 nitrogen and oxygen atoms in total. The van der Waals surface area contributed by atoms with Gasteiger partial charge in [0, 0.05) is 19.1 Å². The highest BCUT2D eigenvalue weighted by Gasteiger charge is 2.30. The van der Waals surface area contributed by atoms with Crippen molar-refractivity contribution in [2.24, 2.45) is 0 Å². The lowest BCUT2D eigenvalue weighted by atomic mass is 10.00. The van der Waals surface area contributed by atoms with Crippen LogP contribution in [0.15, 0.2) is 42.5 Å². The van der Waals surface area contributed by atoms with Crippen LogP contribution in [0.5, 0.6) is 11.5 Å². The van der Waals surface area contributed by atoms with Gasteiger partial charge in [0.15, 0.2) is 0 Å². The van der Waals surface area contributed by atoms with Crippen molar-refractivity contribution in [3.05, 3.63) is 59.2 Å². The Labute approximate surface area is 154 Å². The summed E-state index contributed by atoms with van der Waals surface area (Å²) < 4.78 is 43.6. The summed E-state index contributed by atoms with van der Waals surface area (Å²) in [5, 5.41) is 2.99. The van der Waals surface area contributed by atoms with Gasteiger partial charge in [-0.15, -0.1) is 0 Å². The number of benzene rings is 2. The molecule has 0 saturated heterocycles. The number of halogens is 3. The summed E-state index contributed by atoms with van der Waals surface area (Å²) in [6.45, 7) is 1.17. The zero-order valence-corrected chi connectivity index (χ0v) is 14.6. The number of alkyl halides is 3. The number of nitrogens with one attached hydrogen (secondary N) is 1. The number of amides is 2. The summed E-state index contributed by atoms with van der Waals surface area (Å²) >= 11 is 0. The minimum absolute atomic E-state index is 0.0442. The SMILES string of the molecule is O=C(NC1CC1)N1CCc2ccc(Oc3ccc(C(F)(F)F)cc3)cc2C1. The first kappa shape index (κ1) is 17.7. The smallest absolute Gasteiger partial charge is 0.416 e. The van der Waals surface area contributed by atoms with Gasteiger partial charge in [-0.1, -0.05) is 6.07 Å². The van der Waals surface area contributed by atoms with Gasteiger partial charge in [0.25, 0.3) is 0 Å². The van der Waals surface area contributed by atoms with Gasteiger partial charge in [-0.05, 0) is 66.8 Å². The quantitative estimate of drug-likeness (QED) is 0.842. The molecule has 7 heteroatoms. The Bertz CT molecular complexity index is 845. The highest BCUT2D eigenvalue weighted by molar-refractivity contribution is 5.75. The van der Waals surface area contributed by atoms with E-state index in [1.54, 1.807) is 11.0 Å². The first-order chi connectivity index (χ1) is 12.9. The molecule has 2 aliphatic rings. The van der Waals surface area contributed by atoms with Gasteiger partial charge in [-0.2, -0.15) is 13.2 Å². The lowest BCUT2D eigenvalue weighted by Gasteiger charge is -2.29. The van der Waals surface area contributed by atoms with E-state index in [1.165, 1.54) is 12.1 Å². The van der Waals surface area contributed by atoms with Crippen LogP contribution in [0.2, 0.25) is 0 Å². The predicted molar refractivity (Wildman–Crippen MR) is 93.6 cm³/mol. The Balaban J connectivity index is 1.45. The zero-order valence-electron chi connectivity index (χ0n) is 14.6. The van der Waals surface area contributed by atoms with E-state index in [0.29, 0.717) is 30.6 Å². The molecule has 0 spiro atoms. The third-order valence-electron chi connectivity index (χ3n) is 4.80. The first-order valence-corrected chi connectivity index (χ1v) is 8.91. The van der Waals surface area contributed by atoms with Crippen molar-refractivity contribution in [1.29, 1.82) is 0 Å². The van der Waals surface area contributed by atoms with E-state index in [9.17, 15) is 18.0 Å². The van der Waals surface area contributed by atoms with Crippen LogP contribution >= 0.6 is 0 Å². The fourth-order valence-electron chi connectivity index (χ4n) is 3.11. The molecule has 0 atom stereocenters. The lowest BCUT2D eigenvalue weighted by molar-refractivity contribution is -0.137. The normalized spacial score (nSPS) is 16.6. The maximum atomic E-state index is 12.6. The Morgan fingerprint density at radius 3 is 2.41 bits per heavy atom. The number of rotatable bonds is 3. The maximum absolute atomic E-state index is 12.6. The van der Waals surface area contributed by atoms with Crippen molar-refractivity contribution >= 4 is 6.03 Å². The van der Waals surface area contributed by atoms with E-state index in [1.807, 2.05) is 12.1 Å². The number of urea groups is 1. The van der Waals surface area contributed by atoms with Gasteiger partial charge >= 0.3 is 12.2 Å². The monoisotopic (exact) mass is 376 g/mol. The summed E-state index contributed by atoms with van der Waals surface area (Å²) in [4.78, 5) is 14.0. The Morgan fingerprint density at radius 1 is 1.04 bits per heavy atom. The fraction of sp³-hybridized carbons (Fsp3) is 0.350. The van der Waals surface area contributed by atoms with Crippen LogP contribution in [0.1, 0.15) is 29.5 Å². The Kier molecular flexibility index (Phi) is 4.45. The van der Waals surface area contributed by atoms with E-state index in [0.717, 1.165) is 42.5 Å². The van der Waals surface area contributed by atoms with Crippen molar-refractivity contribution in [2.45, 2.75) is 38.0 Å². The van der Waals surface area contributed by atoms with Crippen LogP contribution < -0.4 is 10.1 Å². The third-order valence-corrected chi connectivity index (χ3v) is 4.80. The van der Waals surface area contributed by atoms with Crippen LogP contribution in [0, 0.1) is 0 Å². The molecule has 1 fully saturated rings. The molecule has 0 bridgehead atoms. The second-order valence-corrected chi connectivity index (χ2v) is 6.95. The molecule has 1 aliphatic carbocycles. The van der Waals surface area contributed by atoms with Gasteiger partial charge in [-0.25, -0.2) is 4.79 Å². The average molecular weight is 376 g/mol. The minimum Gasteiger partial charge on any atom is -0.457 e. The lowest BCUT2D eigenvalue weighted by Crippen LogP contribution is -2.43. The predicted octanol–water partition coefficient (Wildman–Crippen LogP) is 4.73. The highest BCUT2D eigenvalue weighted by Crippen LogP contribution is 2.32. The van der Waals surface area contributed by atoms with Crippen molar-refractivity contribution in [1.82, 2.24) is 10.2 Å².